The predicted molar refractivity (Wildman–Crippen MR) is 111 cm³/mol. The number of carbonyl (C=O) groups excluding carboxylic acids is 4. The van der Waals surface area contributed by atoms with E-state index < -0.39 is 12.1 Å². The summed E-state index contributed by atoms with van der Waals surface area (Å²) >= 11 is 2.94. The van der Waals surface area contributed by atoms with Crippen LogP contribution in [0.25, 0.3) is 0 Å². The molecule has 8 nitrogen and oxygen atoms in total. The lowest BCUT2D eigenvalue weighted by atomic mass is 10.1. The summed E-state index contributed by atoms with van der Waals surface area (Å²) in [6, 6.07) is 1.95. The lowest BCUT2D eigenvalue weighted by Crippen LogP contribution is -2.53. The molecule has 4 atom stereocenters. The van der Waals surface area contributed by atoms with Crippen LogP contribution in [0, 0.1) is 0 Å². The Balaban J connectivity index is 1.49. The first-order valence-electron chi connectivity index (χ1n) is 9.69. The minimum Gasteiger partial charge on any atom is -0.351 e. The number of rotatable bonds is 5. The van der Waals surface area contributed by atoms with E-state index in [4.69, 9.17) is 0 Å². The minimum absolute atomic E-state index is 0.0926. The number of thiophene rings is 1. The van der Waals surface area contributed by atoms with Gasteiger partial charge in [0.1, 0.15) is 12.1 Å². The molecule has 0 bridgehead atoms. The Morgan fingerprint density at radius 1 is 1.38 bits per heavy atom. The van der Waals surface area contributed by atoms with E-state index in [-0.39, 0.29) is 42.1 Å². The van der Waals surface area contributed by atoms with Crippen LogP contribution >= 0.6 is 23.1 Å². The van der Waals surface area contributed by atoms with E-state index >= 15 is 0 Å². The van der Waals surface area contributed by atoms with Crippen LogP contribution in [0.1, 0.15) is 17.7 Å². The third-order valence-electron chi connectivity index (χ3n) is 5.73. The highest BCUT2D eigenvalue weighted by Crippen LogP contribution is 2.29. The van der Waals surface area contributed by atoms with Crippen LogP contribution in [0.3, 0.4) is 0 Å². The number of amides is 4. The molecule has 29 heavy (non-hydrogen) atoms. The molecular weight excluding hydrogens is 412 g/mol. The van der Waals surface area contributed by atoms with Gasteiger partial charge in [-0.2, -0.15) is 11.8 Å². The highest BCUT2D eigenvalue weighted by molar-refractivity contribution is 7.99. The van der Waals surface area contributed by atoms with Crippen molar-refractivity contribution in [3.63, 3.8) is 0 Å². The highest BCUT2D eigenvalue weighted by atomic mass is 32.2. The first-order valence-corrected chi connectivity index (χ1v) is 12.0. The van der Waals surface area contributed by atoms with Gasteiger partial charge in [-0.15, -0.1) is 11.3 Å². The lowest BCUT2D eigenvalue weighted by Gasteiger charge is -2.29. The van der Waals surface area contributed by atoms with Gasteiger partial charge in [-0.3, -0.25) is 19.2 Å². The number of nitrogens with one attached hydrogen (secondary N) is 2. The van der Waals surface area contributed by atoms with Crippen LogP contribution in [0.15, 0.2) is 17.5 Å². The lowest BCUT2D eigenvalue weighted by molar-refractivity contribution is -0.144. The number of thioether (sulfide) groups is 1. The van der Waals surface area contributed by atoms with Crippen molar-refractivity contribution in [2.75, 3.05) is 25.1 Å². The van der Waals surface area contributed by atoms with Gasteiger partial charge < -0.3 is 20.4 Å². The average molecular weight is 437 g/mol. The molecular formula is C19H24N4O4S2. The van der Waals surface area contributed by atoms with E-state index in [1.807, 2.05) is 23.8 Å². The molecule has 1 aromatic rings. The standard InChI is InChI=1S/C19H24N4O4S2/c1-28-10-15(24)20-11-7-14-18(26)21-13-4-5-22(17(13)19(27)23(14)9-11)16(25)8-12-3-2-6-29-12/h2-3,6,11,13-14,17H,4-5,7-10H2,1H3,(H,20,24)(H,21,26). The first-order chi connectivity index (χ1) is 14.0. The summed E-state index contributed by atoms with van der Waals surface area (Å²) in [4.78, 5) is 55.0. The van der Waals surface area contributed by atoms with Crippen LogP contribution < -0.4 is 10.6 Å². The Hall–Kier alpha value is -2.07. The summed E-state index contributed by atoms with van der Waals surface area (Å²) < 4.78 is 0. The van der Waals surface area contributed by atoms with Crippen molar-refractivity contribution in [1.29, 1.82) is 0 Å². The largest absolute Gasteiger partial charge is 0.351 e. The molecule has 4 heterocycles. The number of likely N-dealkylation sites (tertiary alicyclic amines) is 1. The van der Waals surface area contributed by atoms with Crippen molar-refractivity contribution in [2.24, 2.45) is 0 Å². The maximum Gasteiger partial charge on any atom is 0.248 e. The van der Waals surface area contributed by atoms with Crippen molar-refractivity contribution in [3.8, 4) is 0 Å². The number of carbonyl (C=O) groups is 4. The monoisotopic (exact) mass is 436 g/mol. The highest BCUT2D eigenvalue weighted by Gasteiger charge is 2.52. The van der Waals surface area contributed by atoms with E-state index in [1.165, 1.54) is 23.1 Å². The van der Waals surface area contributed by atoms with Gasteiger partial charge in [-0.1, -0.05) is 6.07 Å². The maximum absolute atomic E-state index is 13.4. The molecule has 10 heteroatoms. The molecule has 4 rings (SSSR count). The fourth-order valence-corrected chi connectivity index (χ4v) is 5.52. The fraction of sp³-hybridized carbons (Fsp3) is 0.579. The van der Waals surface area contributed by atoms with Crippen molar-refractivity contribution >= 4 is 46.7 Å². The molecule has 1 aromatic heterocycles. The topological polar surface area (TPSA) is 98.8 Å². The van der Waals surface area contributed by atoms with Crippen LogP contribution in [-0.2, 0) is 25.6 Å². The van der Waals surface area contributed by atoms with Crippen LogP contribution in [0.2, 0.25) is 0 Å². The minimum atomic E-state index is -0.669. The predicted octanol–water partition coefficient (Wildman–Crippen LogP) is -0.161. The third kappa shape index (κ3) is 4.00. The second-order valence-corrected chi connectivity index (χ2v) is 9.53. The Labute approximate surface area is 177 Å². The molecule has 4 unspecified atom stereocenters. The van der Waals surface area contributed by atoms with Gasteiger partial charge in [-0.05, 0) is 30.5 Å². The van der Waals surface area contributed by atoms with Crippen molar-refractivity contribution < 1.29 is 19.2 Å². The molecule has 0 spiro atoms. The molecule has 3 aliphatic rings. The Kier molecular flexibility index (Phi) is 5.82. The molecule has 0 saturated carbocycles. The zero-order valence-corrected chi connectivity index (χ0v) is 17.8. The summed E-state index contributed by atoms with van der Waals surface area (Å²) in [5.41, 5.74) is 0. The first kappa shape index (κ1) is 20.2. The maximum atomic E-state index is 13.4. The van der Waals surface area contributed by atoms with Gasteiger partial charge in [0, 0.05) is 24.0 Å². The van der Waals surface area contributed by atoms with Gasteiger partial charge in [0.25, 0.3) is 0 Å². The van der Waals surface area contributed by atoms with Crippen molar-refractivity contribution in [2.45, 2.75) is 43.4 Å². The molecule has 3 aliphatic heterocycles. The van der Waals surface area contributed by atoms with Gasteiger partial charge in [0.2, 0.25) is 23.6 Å². The second kappa shape index (κ2) is 8.35. The van der Waals surface area contributed by atoms with E-state index in [1.54, 1.807) is 9.80 Å². The fourth-order valence-electron chi connectivity index (χ4n) is 4.47. The molecule has 3 fully saturated rings. The van der Waals surface area contributed by atoms with Gasteiger partial charge in [0.05, 0.1) is 18.2 Å². The van der Waals surface area contributed by atoms with Crippen molar-refractivity contribution in [3.05, 3.63) is 22.4 Å². The molecule has 3 saturated heterocycles. The number of fused-ring (bicyclic) bond motifs is 2. The van der Waals surface area contributed by atoms with Crippen LogP contribution in [-0.4, -0.2) is 82.7 Å². The summed E-state index contributed by atoms with van der Waals surface area (Å²) in [6.07, 6.45) is 3.09. The zero-order chi connectivity index (χ0) is 20.5. The number of hydrogen-bond donors (Lipinski definition) is 2. The zero-order valence-electron chi connectivity index (χ0n) is 16.1. The number of hydrogen-bond acceptors (Lipinski definition) is 6. The van der Waals surface area contributed by atoms with E-state index in [9.17, 15) is 19.2 Å². The Bertz CT molecular complexity index is 815. The smallest absolute Gasteiger partial charge is 0.248 e. The van der Waals surface area contributed by atoms with Crippen LogP contribution in [0.5, 0.6) is 0 Å². The Morgan fingerprint density at radius 3 is 2.93 bits per heavy atom. The molecule has 0 aromatic carbocycles. The summed E-state index contributed by atoms with van der Waals surface area (Å²) in [6.45, 7) is 0.755. The quantitative estimate of drug-likeness (QED) is 0.668. The van der Waals surface area contributed by atoms with Gasteiger partial charge in [0.15, 0.2) is 0 Å². The molecule has 0 radical (unpaired) electrons. The molecule has 0 aliphatic carbocycles. The normalized spacial score (nSPS) is 28.6. The third-order valence-corrected chi connectivity index (χ3v) is 7.16. The Morgan fingerprint density at radius 2 is 2.21 bits per heavy atom. The SMILES string of the molecule is CSCC(=O)NC1CC2C(=O)NC3CCN(C(=O)Cc4cccs4)C3C(=O)N2C1. The van der Waals surface area contributed by atoms with Gasteiger partial charge in [-0.25, -0.2) is 0 Å². The van der Waals surface area contributed by atoms with Gasteiger partial charge >= 0.3 is 0 Å². The van der Waals surface area contributed by atoms with E-state index in [0.717, 1.165) is 4.88 Å². The molecule has 156 valence electrons. The summed E-state index contributed by atoms with van der Waals surface area (Å²) in [5, 5.41) is 7.81. The van der Waals surface area contributed by atoms with E-state index in [0.29, 0.717) is 31.7 Å². The second-order valence-electron chi connectivity index (χ2n) is 7.63. The average Bonchev–Trinajstić information content (AvgIpc) is 3.39. The number of nitrogens with zero attached hydrogens (tertiary/aromatic N) is 2. The van der Waals surface area contributed by atoms with Crippen LogP contribution in [0.4, 0.5) is 0 Å². The molecule has 4 amide bonds. The molecule has 2 N–H and O–H groups in total. The summed E-state index contributed by atoms with van der Waals surface area (Å²) in [7, 11) is 0. The van der Waals surface area contributed by atoms with E-state index in [2.05, 4.69) is 10.6 Å². The van der Waals surface area contributed by atoms with Crippen molar-refractivity contribution in [1.82, 2.24) is 20.4 Å². The summed E-state index contributed by atoms with van der Waals surface area (Å²) in [5.74, 6) is -0.238.